The molecule has 0 bridgehead atoms. The van der Waals surface area contributed by atoms with Gasteiger partial charge in [-0.15, -0.1) is 0 Å². The molecule has 0 aliphatic carbocycles. The minimum absolute atomic E-state index is 0.265. The molecule has 1 unspecified atom stereocenters. The van der Waals surface area contributed by atoms with Gasteiger partial charge in [0.05, 0.1) is 7.11 Å². The molecule has 1 atom stereocenters. The van der Waals surface area contributed by atoms with Crippen LogP contribution >= 0.6 is 0 Å². The van der Waals surface area contributed by atoms with Gasteiger partial charge in [-0.1, -0.05) is 0 Å². The highest BCUT2D eigenvalue weighted by Crippen LogP contribution is 2.04. The molecule has 0 aromatic carbocycles. The number of ether oxygens (including phenoxy) is 1. The van der Waals surface area contributed by atoms with E-state index in [0.29, 0.717) is 0 Å². The molecule has 1 aliphatic rings. The number of carbonyl (C=O) groups is 1. The number of methoxy groups -OCH3 is 1. The molecule has 0 saturated carbocycles. The van der Waals surface area contributed by atoms with Crippen LogP contribution in [0.3, 0.4) is 0 Å². The second-order valence-electron chi connectivity index (χ2n) is 2.13. The number of hydrazine groups is 1. The molecular weight excluding hydrogens is 132 g/mol. The molecule has 0 amide bonds. The fourth-order valence-corrected chi connectivity index (χ4v) is 0.799. The first kappa shape index (κ1) is 7.08. The van der Waals surface area contributed by atoms with E-state index in [1.807, 2.05) is 6.92 Å². The topological polar surface area (TPSA) is 50.4 Å². The number of carbonyl (C=O) groups excluding carboxylic acids is 1. The number of nitrogens with one attached hydrogen (secondary N) is 2. The van der Waals surface area contributed by atoms with Crippen LogP contribution in [0.1, 0.15) is 6.92 Å². The predicted molar refractivity (Wildman–Crippen MR) is 35.8 cm³/mol. The molecule has 10 heavy (non-hydrogen) atoms. The lowest BCUT2D eigenvalue weighted by atomic mass is 10.2. The second-order valence-corrected chi connectivity index (χ2v) is 2.13. The lowest BCUT2D eigenvalue weighted by Crippen LogP contribution is -2.38. The summed E-state index contributed by atoms with van der Waals surface area (Å²) in [6.07, 6.45) is 1.74. The van der Waals surface area contributed by atoms with Crippen molar-refractivity contribution in [2.45, 2.75) is 13.0 Å². The van der Waals surface area contributed by atoms with Crippen molar-refractivity contribution in [2.75, 3.05) is 7.11 Å². The van der Waals surface area contributed by atoms with Gasteiger partial charge in [-0.2, -0.15) is 0 Å². The van der Waals surface area contributed by atoms with Crippen LogP contribution in [0.15, 0.2) is 11.8 Å². The zero-order valence-electron chi connectivity index (χ0n) is 5.97. The third kappa shape index (κ3) is 1.11. The maximum absolute atomic E-state index is 10.9. The minimum Gasteiger partial charge on any atom is -0.468 e. The number of rotatable bonds is 1. The summed E-state index contributed by atoms with van der Waals surface area (Å²) >= 11 is 0. The van der Waals surface area contributed by atoms with Gasteiger partial charge < -0.3 is 10.2 Å². The molecule has 56 valence electrons. The molecule has 4 nitrogen and oxygen atoms in total. The Morgan fingerprint density at radius 1 is 1.80 bits per heavy atom. The highest BCUT2D eigenvalue weighted by atomic mass is 16.5. The van der Waals surface area contributed by atoms with Crippen molar-refractivity contribution >= 4 is 5.97 Å². The summed E-state index contributed by atoms with van der Waals surface area (Å²) in [6.45, 7) is 1.86. The molecule has 4 heteroatoms. The van der Waals surface area contributed by atoms with E-state index in [-0.39, 0.29) is 12.0 Å². The molecule has 1 aliphatic heterocycles. The Kier molecular flexibility index (Phi) is 1.91. The average molecular weight is 142 g/mol. The second kappa shape index (κ2) is 2.70. The maximum atomic E-state index is 10.9. The Morgan fingerprint density at radius 3 is 2.90 bits per heavy atom. The summed E-state index contributed by atoms with van der Waals surface area (Å²) in [5.74, 6) is -0.265. The number of hydrogen-bond donors (Lipinski definition) is 2. The molecule has 1 rings (SSSR count). The fraction of sp³-hybridized carbons (Fsp3) is 0.500. The summed E-state index contributed by atoms with van der Waals surface area (Å²) in [5, 5.41) is 0. The summed E-state index contributed by atoms with van der Waals surface area (Å²) in [7, 11) is 1.37. The molecule has 0 aromatic rings. The van der Waals surface area contributed by atoms with Gasteiger partial charge in [0.15, 0.2) is 0 Å². The van der Waals surface area contributed by atoms with Gasteiger partial charge in [0.2, 0.25) is 0 Å². The SMILES string of the molecule is COC(=O)C1NNC=C1C. The van der Waals surface area contributed by atoms with Gasteiger partial charge in [-0.25, -0.2) is 10.2 Å². The smallest absolute Gasteiger partial charge is 0.328 e. The Balaban J connectivity index is 2.57. The Labute approximate surface area is 59.2 Å². The zero-order valence-corrected chi connectivity index (χ0v) is 5.97. The molecule has 0 saturated heterocycles. The van der Waals surface area contributed by atoms with E-state index >= 15 is 0 Å². The average Bonchev–Trinajstić information content (AvgIpc) is 2.34. The van der Waals surface area contributed by atoms with Gasteiger partial charge in [0.1, 0.15) is 6.04 Å². The predicted octanol–water partition coefficient (Wildman–Crippen LogP) is -0.460. The first-order valence-corrected chi connectivity index (χ1v) is 3.01. The van der Waals surface area contributed by atoms with Crippen LogP contribution in [0.2, 0.25) is 0 Å². The zero-order chi connectivity index (χ0) is 7.56. The number of hydrogen-bond acceptors (Lipinski definition) is 4. The Bertz CT molecular complexity index is 177. The van der Waals surface area contributed by atoms with E-state index in [2.05, 4.69) is 15.6 Å². The van der Waals surface area contributed by atoms with E-state index in [1.165, 1.54) is 7.11 Å². The third-order valence-corrected chi connectivity index (χ3v) is 1.42. The summed E-state index contributed by atoms with van der Waals surface area (Å²) in [5.41, 5.74) is 6.40. The van der Waals surface area contributed by atoms with Crippen molar-refractivity contribution in [1.82, 2.24) is 10.9 Å². The van der Waals surface area contributed by atoms with E-state index in [1.54, 1.807) is 6.20 Å². The molecule has 0 radical (unpaired) electrons. The van der Waals surface area contributed by atoms with E-state index in [0.717, 1.165) is 5.57 Å². The van der Waals surface area contributed by atoms with Crippen LogP contribution in [-0.2, 0) is 9.53 Å². The minimum atomic E-state index is -0.315. The van der Waals surface area contributed by atoms with E-state index in [4.69, 9.17) is 0 Å². The van der Waals surface area contributed by atoms with Gasteiger partial charge in [-0.3, -0.25) is 0 Å². The van der Waals surface area contributed by atoms with Crippen LogP contribution in [0.5, 0.6) is 0 Å². The van der Waals surface area contributed by atoms with Crippen molar-refractivity contribution in [2.24, 2.45) is 0 Å². The van der Waals surface area contributed by atoms with Gasteiger partial charge in [0.25, 0.3) is 0 Å². The van der Waals surface area contributed by atoms with Crippen molar-refractivity contribution < 1.29 is 9.53 Å². The molecule has 1 heterocycles. The fourth-order valence-electron chi connectivity index (χ4n) is 0.799. The Morgan fingerprint density at radius 2 is 2.50 bits per heavy atom. The third-order valence-electron chi connectivity index (χ3n) is 1.42. The van der Waals surface area contributed by atoms with Crippen LogP contribution in [0.25, 0.3) is 0 Å². The molecule has 0 fully saturated rings. The Hall–Kier alpha value is -1.03. The molecular formula is C6H10N2O2. The normalized spacial score (nSPS) is 23.4. The van der Waals surface area contributed by atoms with Crippen molar-refractivity contribution in [3.05, 3.63) is 11.8 Å². The van der Waals surface area contributed by atoms with Crippen molar-refractivity contribution in [3.63, 3.8) is 0 Å². The standard InChI is InChI=1S/C6H10N2O2/c1-4-3-7-8-5(4)6(9)10-2/h3,5,7-8H,1-2H3. The first-order valence-electron chi connectivity index (χ1n) is 3.01. The molecule has 0 spiro atoms. The van der Waals surface area contributed by atoms with E-state index < -0.39 is 0 Å². The van der Waals surface area contributed by atoms with Crippen LogP contribution in [-0.4, -0.2) is 19.1 Å². The highest BCUT2D eigenvalue weighted by Gasteiger charge is 2.23. The summed E-state index contributed by atoms with van der Waals surface area (Å²) in [4.78, 5) is 10.9. The lowest BCUT2D eigenvalue weighted by Gasteiger charge is -2.07. The first-order chi connectivity index (χ1) is 4.75. The maximum Gasteiger partial charge on any atom is 0.328 e. The summed E-state index contributed by atoms with van der Waals surface area (Å²) in [6, 6.07) is -0.315. The molecule has 0 aromatic heterocycles. The monoisotopic (exact) mass is 142 g/mol. The largest absolute Gasteiger partial charge is 0.468 e. The van der Waals surface area contributed by atoms with Crippen LogP contribution in [0, 0.1) is 0 Å². The van der Waals surface area contributed by atoms with Gasteiger partial charge in [-0.05, 0) is 12.5 Å². The molecule has 2 N–H and O–H groups in total. The quantitative estimate of drug-likeness (QED) is 0.486. The van der Waals surface area contributed by atoms with Crippen molar-refractivity contribution in [1.29, 1.82) is 0 Å². The number of esters is 1. The van der Waals surface area contributed by atoms with E-state index in [9.17, 15) is 4.79 Å². The lowest BCUT2D eigenvalue weighted by molar-refractivity contribution is -0.141. The van der Waals surface area contributed by atoms with Gasteiger partial charge in [0, 0.05) is 6.20 Å². The highest BCUT2D eigenvalue weighted by molar-refractivity contribution is 5.79. The summed E-state index contributed by atoms with van der Waals surface area (Å²) < 4.78 is 4.52. The van der Waals surface area contributed by atoms with Crippen molar-refractivity contribution in [3.8, 4) is 0 Å². The van der Waals surface area contributed by atoms with Gasteiger partial charge >= 0.3 is 5.97 Å². The van der Waals surface area contributed by atoms with Crippen LogP contribution < -0.4 is 10.9 Å². The van der Waals surface area contributed by atoms with Crippen LogP contribution in [0.4, 0.5) is 0 Å².